The van der Waals surface area contributed by atoms with Gasteiger partial charge in [0, 0.05) is 31.1 Å². The Kier molecular flexibility index (Phi) is 801. The number of hydrogen-bond acceptors (Lipinski definition) is 0. The second-order valence-corrected chi connectivity index (χ2v) is 0. The number of hydrogen-bond donors (Lipinski definition) is 0. The van der Waals surface area contributed by atoms with Crippen LogP contribution in [0.15, 0.2) is 0 Å². The van der Waals surface area contributed by atoms with Gasteiger partial charge in [0.2, 0.25) is 0 Å². The van der Waals surface area contributed by atoms with Gasteiger partial charge < -0.3 is 11.0 Å². The van der Waals surface area contributed by atoms with E-state index in [0.29, 0.717) is 0 Å². The van der Waals surface area contributed by atoms with Gasteiger partial charge in [0.25, 0.3) is 0 Å². The molecule has 0 aliphatic rings. The standard InChI is InChI=1S/2ClH.2H2O.U/h2*1H;2*1H2;. The van der Waals surface area contributed by atoms with Crippen LogP contribution in [0.3, 0.4) is 0 Å². The van der Waals surface area contributed by atoms with Gasteiger partial charge in [-0.15, -0.1) is 24.8 Å². The van der Waals surface area contributed by atoms with Crippen molar-refractivity contribution in [2.24, 2.45) is 0 Å². The average molecular weight is 347 g/mol. The van der Waals surface area contributed by atoms with Gasteiger partial charge in [-0.05, 0) is 0 Å². The molecule has 0 saturated heterocycles. The zero-order chi connectivity index (χ0) is 0. The maximum atomic E-state index is 0. The number of rotatable bonds is 0. The van der Waals surface area contributed by atoms with Crippen molar-refractivity contribution >= 4 is 24.8 Å². The van der Waals surface area contributed by atoms with Gasteiger partial charge in [-0.1, -0.05) is 0 Å². The Morgan fingerprint density at radius 1 is 0.600 bits per heavy atom. The molecule has 0 radical (unpaired) electrons. The monoisotopic (exact) mass is 346 g/mol. The van der Waals surface area contributed by atoms with Crippen molar-refractivity contribution in [3.05, 3.63) is 0 Å². The van der Waals surface area contributed by atoms with Crippen molar-refractivity contribution in [1.82, 2.24) is 0 Å². The molecule has 0 spiro atoms. The molecule has 36 valence electrons. The summed E-state index contributed by atoms with van der Waals surface area (Å²) in [5.41, 5.74) is 0. The van der Waals surface area contributed by atoms with Gasteiger partial charge in [0.05, 0.1) is 0 Å². The molecule has 0 atom stereocenters. The van der Waals surface area contributed by atoms with Gasteiger partial charge in [0.1, 0.15) is 0 Å². The van der Waals surface area contributed by atoms with Crippen LogP contribution >= 0.6 is 24.8 Å². The average Bonchev–Trinajstić information content (AvgIpc) is 0. The van der Waals surface area contributed by atoms with E-state index in [1.54, 1.807) is 0 Å². The molecule has 0 aromatic heterocycles. The summed E-state index contributed by atoms with van der Waals surface area (Å²) >= 11 is 0. The minimum atomic E-state index is 0. The molecule has 0 aliphatic heterocycles. The SMILES string of the molecule is Cl.Cl.O.O.[U]. The van der Waals surface area contributed by atoms with Crippen molar-refractivity contribution in [1.29, 1.82) is 0 Å². The molecule has 0 heterocycles. The molecular formula is H6Cl2O2U. The Labute approximate surface area is 66.5 Å². The van der Waals surface area contributed by atoms with Crippen LogP contribution in [0, 0.1) is 31.1 Å². The van der Waals surface area contributed by atoms with Gasteiger partial charge >= 0.3 is 0 Å². The van der Waals surface area contributed by atoms with Crippen LogP contribution in [-0.2, 0) is 0 Å². The van der Waals surface area contributed by atoms with Crippen molar-refractivity contribution < 1.29 is 42.1 Å². The molecule has 5 heteroatoms. The first-order valence-electron chi connectivity index (χ1n) is 0. The Balaban J connectivity index is 0. The van der Waals surface area contributed by atoms with E-state index in [-0.39, 0.29) is 66.9 Å². The van der Waals surface area contributed by atoms with E-state index in [1.807, 2.05) is 0 Å². The fourth-order valence-electron chi connectivity index (χ4n) is 0. The van der Waals surface area contributed by atoms with Gasteiger partial charge in [-0.2, -0.15) is 0 Å². The minimum absolute atomic E-state index is 0. The van der Waals surface area contributed by atoms with E-state index in [9.17, 15) is 0 Å². The van der Waals surface area contributed by atoms with Crippen molar-refractivity contribution in [3.8, 4) is 0 Å². The smallest absolute Gasteiger partial charge is 0 e. The first-order chi connectivity index (χ1) is 0. The maximum Gasteiger partial charge on any atom is 0 e. The fraction of sp³-hybridized carbons (Fsp3) is 0. The quantitative estimate of drug-likeness (QED) is 0.551. The molecule has 0 saturated carbocycles. The van der Waals surface area contributed by atoms with E-state index in [1.165, 1.54) is 0 Å². The summed E-state index contributed by atoms with van der Waals surface area (Å²) in [4.78, 5) is 0. The van der Waals surface area contributed by atoms with E-state index in [0.717, 1.165) is 0 Å². The summed E-state index contributed by atoms with van der Waals surface area (Å²) in [6.45, 7) is 0. The minimum Gasteiger partial charge on any atom is -0.412 e. The van der Waals surface area contributed by atoms with Crippen molar-refractivity contribution in [2.75, 3.05) is 0 Å². The fourth-order valence-corrected chi connectivity index (χ4v) is 0. The summed E-state index contributed by atoms with van der Waals surface area (Å²) < 4.78 is 0. The topological polar surface area (TPSA) is 63.0 Å². The molecule has 0 amide bonds. The Morgan fingerprint density at radius 3 is 0.600 bits per heavy atom. The van der Waals surface area contributed by atoms with Gasteiger partial charge in [-0.3, -0.25) is 0 Å². The largest absolute Gasteiger partial charge is 0.412 e. The predicted molar refractivity (Wildman–Crippen MR) is 21.7 cm³/mol. The third-order valence-corrected chi connectivity index (χ3v) is 0. The Bertz CT molecular complexity index is 7.61. The van der Waals surface area contributed by atoms with Crippen LogP contribution in [-0.4, -0.2) is 11.0 Å². The molecule has 0 rings (SSSR count). The molecule has 0 unspecified atom stereocenters. The number of halogens is 2. The second kappa shape index (κ2) is 47.8. The maximum absolute atomic E-state index is 0. The van der Waals surface area contributed by atoms with Crippen molar-refractivity contribution in [2.45, 2.75) is 0 Å². The van der Waals surface area contributed by atoms with Crippen LogP contribution < -0.4 is 0 Å². The first-order valence-corrected chi connectivity index (χ1v) is 0. The molecule has 0 aromatic carbocycles. The molecule has 0 aromatic rings. The molecule has 4 N–H and O–H groups in total. The van der Waals surface area contributed by atoms with E-state index >= 15 is 0 Å². The zero-order valence-electron chi connectivity index (χ0n) is 2.32. The normalized spacial score (nSPS) is 0. The third-order valence-electron chi connectivity index (χ3n) is 0. The Hall–Kier alpha value is 1.55. The zero-order valence-corrected chi connectivity index (χ0v) is 8.11. The van der Waals surface area contributed by atoms with Crippen LogP contribution in [0.5, 0.6) is 0 Å². The molecular weight excluding hydrogens is 341 g/mol. The van der Waals surface area contributed by atoms with Gasteiger partial charge in [0.15, 0.2) is 0 Å². The van der Waals surface area contributed by atoms with Crippen LogP contribution in [0.2, 0.25) is 0 Å². The Morgan fingerprint density at radius 2 is 0.600 bits per heavy atom. The van der Waals surface area contributed by atoms with Crippen molar-refractivity contribution in [3.63, 3.8) is 0 Å². The summed E-state index contributed by atoms with van der Waals surface area (Å²) in [5.74, 6) is 0. The van der Waals surface area contributed by atoms with Crippen LogP contribution in [0.25, 0.3) is 0 Å². The van der Waals surface area contributed by atoms with E-state index < -0.39 is 0 Å². The first kappa shape index (κ1) is 83.9. The molecule has 2 nitrogen and oxygen atoms in total. The van der Waals surface area contributed by atoms with Crippen LogP contribution in [0.1, 0.15) is 0 Å². The summed E-state index contributed by atoms with van der Waals surface area (Å²) in [5, 5.41) is 0. The molecule has 5 heavy (non-hydrogen) atoms. The predicted octanol–water partition coefficient (Wildman–Crippen LogP) is -0.806. The second-order valence-electron chi connectivity index (χ2n) is 0. The molecule has 0 bridgehead atoms. The van der Waals surface area contributed by atoms with E-state index in [4.69, 9.17) is 0 Å². The summed E-state index contributed by atoms with van der Waals surface area (Å²) in [7, 11) is 0. The molecule has 0 aliphatic carbocycles. The summed E-state index contributed by atoms with van der Waals surface area (Å²) in [6.07, 6.45) is 0. The van der Waals surface area contributed by atoms with E-state index in [2.05, 4.69) is 0 Å². The van der Waals surface area contributed by atoms with Gasteiger partial charge in [-0.25, -0.2) is 0 Å². The molecule has 0 fully saturated rings. The third kappa shape index (κ3) is 29.1. The summed E-state index contributed by atoms with van der Waals surface area (Å²) in [6, 6.07) is 0. The van der Waals surface area contributed by atoms with Crippen LogP contribution in [0.4, 0.5) is 0 Å².